The van der Waals surface area contributed by atoms with Gasteiger partial charge >= 0.3 is 6.09 Å². The first-order valence-corrected chi connectivity index (χ1v) is 4.74. The summed E-state index contributed by atoms with van der Waals surface area (Å²) < 4.78 is 4.82. The van der Waals surface area contributed by atoms with Crippen molar-refractivity contribution in [2.45, 2.75) is 13.0 Å². The van der Waals surface area contributed by atoms with Crippen molar-refractivity contribution in [3.63, 3.8) is 0 Å². The first-order chi connectivity index (χ1) is 6.66. The van der Waals surface area contributed by atoms with Gasteiger partial charge < -0.3 is 10.1 Å². The molecule has 3 nitrogen and oxygen atoms in total. The first kappa shape index (κ1) is 12.1. The van der Waals surface area contributed by atoms with E-state index in [0.717, 1.165) is 11.1 Å². The molecule has 1 aliphatic heterocycles. The predicted molar refractivity (Wildman–Crippen MR) is 60.7 cm³/mol. The minimum absolute atomic E-state index is 0. The highest BCUT2D eigenvalue weighted by Gasteiger charge is 2.24. The van der Waals surface area contributed by atoms with Gasteiger partial charge in [0.25, 0.3) is 0 Å². The summed E-state index contributed by atoms with van der Waals surface area (Å²) in [5, 5.41) is 3.43. The lowest BCUT2D eigenvalue weighted by Crippen LogP contribution is -2.18. The van der Waals surface area contributed by atoms with Crippen LogP contribution in [-0.2, 0) is 4.74 Å². The number of amides is 1. The lowest BCUT2D eigenvalue weighted by molar-refractivity contribution is 0.177. The fourth-order valence-corrected chi connectivity index (χ4v) is 1.81. The number of ether oxygens (including phenoxy) is 1. The molecule has 1 amide bonds. The van der Waals surface area contributed by atoms with Crippen LogP contribution in [0.2, 0.25) is 5.02 Å². The van der Waals surface area contributed by atoms with Crippen LogP contribution in [-0.4, -0.2) is 12.7 Å². The highest BCUT2D eigenvalue weighted by molar-refractivity contribution is 6.30. The summed E-state index contributed by atoms with van der Waals surface area (Å²) >= 11 is 5.83. The van der Waals surface area contributed by atoms with Gasteiger partial charge in [0.1, 0.15) is 6.61 Å². The SMILES string of the molecule is Cc1cc(Cl)ccc1[C@@H]1COC(=O)N1.Cl. The van der Waals surface area contributed by atoms with Crippen LogP contribution in [0.5, 0.6) is 0 Å². The maximum atomic E-state index is 10.8. The van der Waals surface area contributed by atoms with Crippen molar-refractivity contribution in [3.05, 3.63) is 34.3 Å². The van der Waals surface area contributed by atoms with Gasteiger partial charge in [-0.05, 0) is 30.2 Å². The number of hydrogen-bond acceptors (Lipinski definition) is 2. The summed E-state index contributed by atoms with van der Waals surface area (Å²) in [6.07, 6.45) is -0.357. The molecular weight excluding hydrogens is 237 g/mol. The van der Waals surface area contributed by atoms with E-state index in [4.69, 9.17) is 16.3 Å². The van der Waals surface area contributed by atoms with Crippen molar-refractivity contribution < 1.29 is 9.53 Å². The largest absolute Gasteiger partial charge is 0.447 e. The lowest BCUT2D eigenvalue weighted by Gasteiger charge is -2.10. The van der Waals surface area contributed by atoms with Crippen LogP contribution in [0.4, 0.5) is 4.79 Å². The van der Waals surface area contributed by atoms with E-state index in [1.165, 1.54) is 0 Å². The van der Waals surface area contributed by atoms with Gasteiger partial charge in [-0.15, -0.1) is 12.4 Å². The van der Waals surface area contributed by atoms with Crippen molar-refractivity contribution in [2.75, 3.05) is 6.61 Å². The Balaban J connectivity index is 0.00000112. The van der Waals surface area contributed by atoms with E-state index >= 15 is 0 Å². The van der Waals surface area contributed by atoms with E-state index in [1.54, 1.807) is 0 Å². The molecule has 1 saturated heterocycles. The molecule has 2 rings (SSSR count). The van der Waals surface area contributed by atoms with Gasteiger partial charge in [0.05, 0.1) is 6.04 Å². The molecule has 82 valence electrons. The molecule has 1 fully saturated rings. The fourth-order valence-electron chi connectivity index (χ4n) is 1.58. The van der Waals surface area contributed by atoms with E-state index in [9.17, 15) is 4.79 Å². The number of benzene rings is 1. The second kappa shape index (κ2) is 4.73. The Morgan fingerprint density at radius 3 is 2.80 bits per heavy atom. The minimum atomic E-state index is -0.357. The summed E-state index contributed by atoms with van der Waals surface area (Å²) in [6, 6.07) is 5.56. The van der Waals surface area contributed by atoms with E-state index in [1.807, 2.05) is 25.1 Å². The minimum Gasteiger partial charge on any atom is -0.447 e. The number of rotatable bonds is 1. The molecule has 5 heteroatoms. The van der Waals surface area contributed by atoms with Crippen molar-refractivity contribution in [3.8, 4) is 0 Å². The Hall–Kier alpha value is -0.930. The molecule has 1 atom stereocenters. The molecular formula is C10H11Cl2NO2. The molecule has 1 aromatic rings. The summed E-state index contributed by atoms with van der Waals surface area (Å²) in [5.41, 5.74) is 2.12. The smallest absolute Gasteiger partial charge is 0.407 e. The molecule has 15 heavy (non-hydrogen) atoms. The van der Waals surface area contributed by atoms with E-state index in [0.29, 0.717) is 11.6 Å². The zero-order valence-electron chi connectivity index (χ0n) is 8.12. The van der Waals surface area contributed by atoms with Crippen LogP contribution in [0.1, 0.15) is 17.2 Å². The molecule has 1 heterocycles. The summed E-state index contributed by atoms with van der Waals surface area (Å²) in [5.74, 6) is 0. The quantitative estimate of drug-likeness (QED) is 0.829. The summed E-state index contributed by atoms with van der Waals surface area (Å²) in [7, 11) is 0. The first-order valence-electron chi connectivity index (χ1n) is 4.36. The van der Waals surface area contributed by atoms with Crippen molar-refractivity contribution >= 4 is 30.1 Å². The predicted octanol–water partition coefficient (Wildman–Crippen LogP) is 2.85. The molecule has 0 radical (unpaired) electrons. The highest BCUT2D eigenvalue weighted by Crippen LogP contribution is 2.24. The number of carbonyl (C=O) groups excluding carboxylic acids is 1. The number of carbonyl (C=O) groups is 1. The van der Waals surface area contributed by atoms with Crippen LogP contribution in [0.15, 0.2) is 18.2 Å². The lowest BCUT2D eigenvalue weighted by atomic mass is 10.0. The number of nitrogens with one attached hydrogen (secondary N) is 1. The van der Waals surface area contributed by atoms with Crippen LogP contribution < -0.4 is 5.32 Å². The number of alkyl carbamates (subject to hydrolysis) is 1. The Morgan fingerprint density at radius 2 is 2.27 bits per heavy atom. The van der Waals surface area contributed by atoms with Gasteiger partial charge in [-0.2, -0.15) is 0 Å². The standard InChI is InChI=1S/C10H10ClNO2.ClH/c1-6-4-7(11)2-3-8(6)9-5-14-10(13)12-9;/h2-4,9H,5H2,1H3,(H,12,13);1H/t9-;/m0./s1. The number of hydrogen-bond donors (Lipinski definition) is 1. The summed E-state index contributed by atoms with van der Waals surface area (Å²) in [4.78, 5) is 10.8. The average molecular weight is 248 g/mol. The maximum Gasteiger partial charge on any atom is 0.407 e. The van der Waals surface area contributed by atoms with Gasteiger partial charge in [-0.3, -0.25) is 0 Å². The monoisotopic (exact) mass is 247 g/mol. The Kier molecular flexibility index (Phi) is 3.83. The second-order valence-electron chi connectivity index (χ2n) is 3.30. The maximum absolute atomic E-state index is 10.8. The van der Waals surface area contributed by atoms with Crippen molar-refractivity contribution in [1.29, 1.82) is 0 Å². The van der Waals surface area contributed by atoms with Gasteiger partial charge in [0, 0.05) is 5.02 Å². The normalized spacial score (nSPS) is 19.1. The van der Waals surface area contributed by atoms with Crippen molar-refractivity contribution in [1.82, 2.24) is 5.32 Å². The number of halogens is 2. The highest BCUT2D eigenvalue weighted by atomic mass is 35.5. The molecule has 0 aromatic heterocycles. The Labute approximate surface area is 99.2 Å². The zero-order valence-corrected chi connectivity index (χ0v) is 9.69. The van der Waals surface area contributed by atoms with Crippen LogP contribution in [0.3, 0.4) is 0 Å². The number of aryl methyl sites for hydroxylation is 1. The molecule has 0 aliphatic carbocycles. The third-order valence-electron chi connectivity index (χ3n) is 2.28. The second-order valence-corrected chi connectivity index (χ2v) is 3.73. The van der Waals surface area contributed by atoms with Gasteiger partial charge in [0.2, 0.25) is 0 Å². The van der Waals surface area contributed by atoms with E-state index < -0.39 is 0 Å². The zero-order chi connectivity index (χ0) is 10.1. The molecule has 0 bridgehead atoms. The molecule has 0 unspecified atom stereocenters. The molecule has 1 N–H and O–H groups in total. The summed E-state index contributed by atoms with van der Waals surface area (Å²) in [6.45, 7) is 2.35. The van der Waals surface area contributed by atoms with Gasteiger partial charge in [0.15, 0.2) is 0 Å². The molecule has 1 aromatic carbocycles. The van der Waals surface area contributed by atoms with Crippen LogP contribution in [0, 0.1) is 6.92 Å². The molecule has 1 aliphatic rings. The third kappa shape index (κ3) is 2.55. The molecule has 0 saturated carbocycles. The van der Waals surface area contributed by atoms with Gasteiger partial charge in [-0.1, -0.05) is 17.7 Å². The average Bonchev–Trinajstić information content (AvgIpc) is 2.51. The van der Waals surface area contributed by atoms with Crippen LogP contribution in [0.25, 0.3) is 0 Å². The third-order valence-corrected chi connectivity index (χ3v) is 2.52. The topological polar surface area (TPSA) is 38.3 Å². The molecule has 0 spiro atoms. The number of cyclic esters (lactones) is 1. The van der Waals surface area contributed by atoms with Gasteiger partial charge in [-0.25, -0.2) is 4.79 Å². The Morgan fingerprint density at radius 1 is 1.53 bits per heavy atom. The fraction of sp³-hybridized carbons (Fsp3) is 0.300. The van der Waals surface area contributed by atoms with Crippen LogP contribution >= 0.6 is 24.0 Å². The van der Waals surface area contributed by atoms with E-state index in [2.05, 4.69) is 5.32 Å². The van der Waals surface area contributed by atoms with E-state index in [-0.39, 0.29) is 24.5 Å². The Bertz CT molecular complexity index is 382. The van der Waals surface area contributed by atoms with Crippen molar-refractivity contribution in [2.24, 2.45) is 0 Å².